The van der Waals surface area contributed by atoms with Gasteiger partial charge in [-0.15, -0.1) is 0 Å². The van der Waals surface area contributed by atoms with E-state index < -0.39 is 0 Å². The summed E-state index contributed by atoms with van der Waals surface area (Å²) < 4.78 is 11.2. The lowest BCUT2D eigenvalue weighted by Gasteiger charge is -2.56. The summed E-state index contributed by atoms with van der Waals surface area (Å²) in [7, 11) is 3.72. The van der Waals surface area contributed by atoms with Gasteiger partial charge in [0.2, 0.25) is 0 Å². The molecule has 4 bridgehead atoms. The standard InChI is InChI=1S/C24H37N3O4/c1-16(14-31-23(29)21(27(2)3)7-20-12-25-15-26-20)13-30-22(28)11-24-8-17-4-18(9-24)6-19(5-17)10-24/h12,15-19,21H,4-11,13-14H2,1-3H3,(H,25,26)/t16?,17?,18?,19?,21-,24?/m0/s1. The van der Waals surface area contributed by atoms with E-state index in [0.717, 1.165) is 23.4 Å². The second-order valence-electron chi connectivity index (χ2n) is 10.8. The van der Waals surface area contributed by atoms with Gasteiger partial charge in [-0.25, -0.2) is 4.98 Å². The van der Waals surface area contributed by atoms with Crippen molar-refractivity contribution >= 4 is 11.9 Å². The smallest absolute Gasteiger partial charge is 0.323 e. The van der Waals surface area contributed by atoms with E-state index in [2.05, 4.69) is 9.97 Å². The molecule has 0 saturated heterocycles. The third-order valence-electron chi connectivity index (χ3n) is 7.59. The molecule has 172 valence electrons. The molecule has 1 aromatic rings. The van der Waals surface area contributed by atoms with Gasteiger partial charge in [0.05, 0.1) is 26.0 Å². The number of carbonyl (C=O) groups excluding carboxylic acids is 2. The summed E-state index contributed by atoms with van der Waals surface area (Å²) in [5, 5.41) is 0. The molecule has 1 N–H and O–H groups in total. The number of nitrogens with zero attached hydrogens (tertiary/aromatic N) is 2. The highest BCUT2D eigenvalue weighted by Gasteiger charge is 2.51. The van der Waals surface area contributed by atoms with Crippen LogP contribution in [-0.2, 0) is 25.5 Å². The summed E-state index contributed by atoms with van der Waals surface area (Å²) in [5.41, 5.74) is 1.09. The van der Waals surface area contributed by atoms with Crippen molar-refractivity contribution in [3.05, 3.63) is 18.2 Å². The number of hydrogen-bond acceptors (Lipinski definition) is 6. The van der Waals surface area contributed by atoms with Crippen LogP contribution in [0.15, 0.2) is 12.5 Å². The minimum atomic E-state index is -0.383. The second-order valence-corrected chi connectivity index (χ2v) is 10.8. The van der Waals surface area contributed by atoms with Gasteiger partial charge in [-0.2, -0.15) is 0 Å². The van der Waals surface area contributed by atoms with Crippen molar-refractivity contribution < 1.29 is 19.1 Å². The van der Waals surface area contributed by atoms with E-state index in [1.807, 2.05) is 25.9 Å². The number of likely N-dealkylation sites (N-methyl/N-ethyl adjacent to an activating group) is 1. The van der Waals surface area contributed by atoms with Crippen molar-refractivity contribution in [1.82, 2.24) is 14.9 Å². The van der Waals surface area contributed by atoms with Gasteiger partial charge in [0.15, 0.2) is 0 Å². The van der Waals surface area contributed by atoms with Crippen LogP contribution in [0.4, 0.5) is 0 Å². The van der Waals surface area contributed by atoms with Crippen LogP contribution < -0.4 is 0 Å². The maximum absolute atomic E-state index is 12.6. The van der Waals surface area contributed by atoms with E-state index in [-0.39, 0.29) is 35.9 Å². The Morgan fingerprint density at radius 3 is 2.29 bits per heavy atom. The minimum absolute atomic E-state index is 0.0285. The van der Waals surface area contributed by atoms with Crippen molar-refractivity contribution in [3.8, 4) is 0 Å². The molecule has 5 rings (SSSR count). The Kier molecular flexibility index (Phi) is 6.70. The summed E-state index contributed by atoms with van der Waals surface area (Å²) in [6.07, 6.45) is 12.2. The summed E-state index contributed by atoms with van der Waals surface area (Å²) in [5.74, 6) is 2.13. The molecule has 1 aromatic heterocycles. The molecule has 2 atom stereocenters. The molecule has 31 heavy (non-hydrogen) atoms. The third kappa shape index (κ3) is 5.48. The Hall–Kier alpha value is -1.89. The molecule has 4 fully saturated rings. The van der Waals surface area contributed by atoms with E-state index >= 15 is 0 Å². The first-order chi connectivity index (χ1) is 14.8. The fourth-order valence-electron chi connectivity index (χ4n) is 6.55. The summed E-state index contributed by atoms with van der Waals surface area (Å²) in [4.78, 5) is 34.0. The first kappa shape index (κ1) is 22.3. The molecule has 4 aliphatic rings. The van der Waals surface area contributed by atoms with Crippen LogP contribution in [0.5, 0.6) is 0 Å². The number of aromatic amines is 1. The monoisotopic (exact) mass is 431 g/mol. The summed E-state index contributed by atoms with van der Waals surface area (Å²) in [6, 6.07) is -0.383. The Bertz CT molecular complexity index is 726. The highest BCUT2D eigenvalue weighted by molar-refractivity contribution is 5.76. The zero-order valence-corrected chi connectivity index (χ0v) is 19.1. The van der Waals surface area contributed by atoms with Crippen molar-refractivity contribution in [2.75, 3.05) is 27.3 Å². The van der Waals surface area contributed by atoms with Gasteiger partial charge in [0.1, 0.15) is 6.04 Å². The zero-order chi connectivity index (χ0) is 22.0. The molecule has 1 unspecified atom stereocenters. The van der Waals surface area contributed by atoms with Gasteiger partial charge >= 0.3 is 11.9 Å². The number of rotatable bonds is 10. The van der Waals surface area contributed by atoms with Crippen LogP contribution in [0.1, 0.15) is 57.6 Å². The topological polar surface area (TPSA) is 84.5 Å². The number of esters is 2. The Labute approximate surface area is 185 Å². The van der Waals surface area contributed by atoms with Crippen LogP contribution in [0.3, 0.4) is 0 Å². The van der Waals surface area contributed by atoms with E-state index in [4.69, 9.17) is 9.47 Å². The van der Waals surface area contributed by atoms with E-state index in [9.17, 15) is 9.59 Å². The van der Waals surface area contributed by atoms with Gasteiger partial charge in [0, 0.05) is 24.2 Å². The second kappa shape index (κ2) is 9.31. The first-order valence-electron chi connectivity index (χ1n) is 11.8. The first-order valence-corrected chi connectivity index (χ1v) is 11.8. The number of imidazole rings is 1. The molecule has 7 heteroatoms. The lowest BCUT2D eigenvalue weighted by atomic mass is 9.49. The molecule has 0 radical (unpaired) electrons. The van der Waals surface area contributed by atoms with Crippen LogP contribution in [0, 0.1) is 29.1 Å². The van der Waals surface area contributed by atoms with E-state index in [1.165, 1.54) is 38.5 Å². The number of H-pyrrole nitrogens is 1. The molecular formula is C24H37N3O4. The van der Waals surface area contributed by atoms with Crippen LogP contribution in [0.25, 0.3) is 0 Å². The molecule has 0 amide bonds. The molecule has 0 spiro atoms. The lowest BCUT2D eigenvalue weighted by molar-refractivity contribution is -0.155. The van der Waals surface area contributed by atoms with Gasteiger partial charge in [-0.3, -0.25) is 14.5 Å². The third-order valence-corrected chi connectivity index (χ3v) is 7.59. The number of nitrogens with one attached hydrogen (secondary N) is 1. The van der Waals surface area contributed by atoms with Crippen molar-refractivity contribution in [1.29, 1.82) is 0 Å². The van der Waals surface area contributed by atoms with Crippen LogP contribution >= 0.6 is 0 Å². The molecule has 4 aliphatic carbocycles. The summed E-state index contributed by atoms with van der Waals surface area (Å²) in [6.45, 7) is 2.49. The van der Waals surface area contributed by atoms with Crippen molar-refractivity contribution in [2.45, 2.75) is 64.3 Å². The number of aromatic nitrogens is 2. The molecular weight excluding hydrogens is 394 g/mol. The number of hydrogen-bond donors (Lipinski definition) is 1. The van der Waals surface area contributed by atoms with Crippen molar-refractivity contribution in [3.63, 3.8) is 0 Å². The predicted molar refractivity (Wildman–Crippen MR) is 116 cm³/mol. The fraction of sp³-hybridized carbons (Fsp3) is 0.792. The minimum Gasteiger partial charge on any atom is -0.465 e. The van der Waals surface area contributed by atoms with Gasteiger partial charge in [0.25, 0.3) is 0 Å². The Balaban J connectivity index is 1.19. The highest BCUT2D eigenvalue weighted by Crippen LogP contribution is 2.61. The number of carbonyl (C=O) groups is 2. The van der Waals surface area contributed by atoms with Gasteiger partial charge < -0.3 is 14.5 Å². The van der Waals surface area contributed by atoms with Gasteiger partial charge in [-0.1, -0.05) is 6.92 Å². The predicted octanol–water partition coefficient (Wildman–Crippen LogP) is 3.21. The average molecular weight is 432 g/mol. The largest absolute Gasteiger partial charge is 0.465 e. The Morgan fingerprint density at radius 2 is 1.74 bits per heavy atom. The van der Waals surface area contributed by atoms with Crippen LogP contribution in [0.2, 0.25) is 0 Å². The molecule has 0 aromatic carbocycles. The quantitative estimate of drug-likeness (QED) is 0.573. The molecule has 4 saturated carbocycles. The highest BCUT2D eigenvalue weighted by atomic mass is 16.5. The van der Waals surface area contributed by atoms with Gasteiger partial charge in [-0.05, 0) is 75.8 Å². The fourth-order valence-corrected chi connectivity index (χ4v) is 6.55. The van der Waals surface area contributed by atoms with Crippen molar-refractivity contribution in [2.24, 2.45) is 29.1 Å². The average Bonchev–Trinajstić information content (AvgIpc) is 3.20. The normalized spacial score (nSPS) is 30.9. The SMILES string of the molecule is CC(COC(=O)CC12CC3CC(CC(C3)C1)C2)COC(=O)[C@H](Cc1cnc[nH]1)N(C)C. The van der Waals surface area contributed by atoms with E-state index in [0.29, 0.717) is 19.4 Å². The molecule has 7 nitrogen and oxygen atoms in total. The Morgan fingerprint density at radius 1 is 1.13 bits per heavy atom. The maximum Gasteiger partial charge on any atom is 0.323 e. The zero-order valence-electron chi connectivity index (χ0n) is 19.1. The van der Waals surface area contributed by atoms with Crippen LogP contribution in [-0.4, -0.2) is 60.2 Å². The maximum atomic E-state index is 12.6. The van der Waals surface area contributed by atoms with E-state index in [1.54, 1.807) is 12.5 Å². The lowest BCUT2D eigenvalue weighted by Crippen LogP contribution is -2.47. The summed E-state index contributed by atoms with van der Waals surface area (Å²) >= 11 is 0. The number of ether oxygens (including phenoxy) is 2. The molecule has 0 aliphatic heterocycles. The molecule has 1 heterocycles.